The van der Waals surface area contributed by atoms with Crippen LogP contribution in [0.3, 0.4) is 0 Å². The summed E-state index contributed by atoms with van der Waals surface area (Å²) in [4.78, 5) is 1.28. The van der Waals surface area contributed by atoms with Gasteiger partial charge in [0.15, 0.2) is 0 Å². The van der Waals surface area contributed by atoms with Crippen LogP contribution in [0, 0.1) is 11.3 Å². The van der Waals surface area contributed by atoms with Gasteiger partial charge in [-0.3, -0.25) is 0 Å². The average Bonchev–Trinajstić information content (AvgIpc) is 2.09. The first-order chi connectivity index (χ1) is 5.86. The van der Waals surface area contributed by atoms with E-state index < -0.39 is 0 Å². The predicted octanol–water partition coefficient (Wildman–Crippen LogP) is 2.86. The van der Waals surface area contributed by atoms with Crippen molar-refractivity contribution in [3.63, 3.8) is 0 Å². The largest absolute Gasteiger partial charge is 0.198 e. The Balaban J connectivity index is 2.66. The van der Waals surface area contributed by atoms with Crippen molar-refractivity contribution in [3.05, 3.63) is 29.8 Å². The molecule has 12 heavy (non-hydrogen) atoms. The number of hydrogen-bond donors (Lipinski definition) is 0. The van der Waals surface area contributed by atoms with Crippen LogP contribution in [0.4, 0.5) is 0 Å². The molecule has 0 amide bonds. The summed E-state index contributed by atoms with van der Waals surface area (Å²) in [6.07, 6.45) is 0.511. The summed E-state index contributed by atoms with van der Waals surface area (Å²) < 4.78 is 0. The number of rotatable bonds is 3. The van der Waals surface area contributed by atoms with E-state index in [2.05, 4.69) is 25.1 Å². The molecule has 0 saturated heterocycles. The first-order valence-electron chi connectivity index (χ1n) is 3.95. The molecule has 0 saturated carbocycles. The van der Waals surface area contributed by atoms with Gasteiger partial charge in [-0.2, -0.15) is 5.26 Å². The van der Waals surface area contributed by atoms with Crippen LogP contribution in [-0.2, 0) is 6.42 Å². The zero-order valence-electron chi connectivity index (χ0n) is 7.08. The SMILES string of the molecule is CCSc1ccc(CC#N)cc1. The van der Waals surface area contributed by atoms with E-state index in [1.165, 1.54) is 4.90 Å². The first kappa shape index (κ1) is 9.15. The number of hydrogen-bond acceptors (Lipinski definition) is 2. The Hall–Kier alpha value is -0.940. The Morgan fingerprint density at radius 2 is 2.00 bits per heavy atom. The van der Waals surface area contributed by atoms with Gasteiger partial charge in [0.2, 0.25) is 0 Å². The summed E-state index contributed by atoms with van der Waals surface area (Å²) in [6, 6.07) is 10.3. The molecule has 2 heteroatoms. The van der Waals surface area contributed by atoms with Gasteiger partial charge >= 0.3 is 0 Å². The van der Waals surface area contributed by atoms with Gasteiger partial charge < -0.3 is 0 Å². The number of nitriles is 1. The molecular formula is C10H11NS. The van der Waals surface area contributed by atoms with Crippen LogP contribution in [0.2, 0.25) is 0 Å². The molecule has 1 aromatic rings. The first-order valence-corrected chi connectivity index (χ1v) is 4.94. The molecule has 0 aliphatic carbocycles. The van der Waals surface area contributed by atoms with Gasteiger partial charge in [-0.1, -0.05) is 19.1 Å². The van der Waals surface area contributed by atoms with E-state index in [1.54, 1.807) is 0 Å². The minimum atomic E-state index is 0.511. The second-order valence-corrected chi connectivity index (χ2v) is 3.75. The second kappa shape index (κ2) is 4.84. The lowest BCUT2D eigenvalue weighted by molar-refractivity contribution is 1.24. The van der Waals surface area contributed by atoms with Crippen molar-refractivity contribution in [2.45, 2.75) is 18.2 Å². The maximum absolute atomic E-state index is 8.44. The minimum absolute atomic E-state index is 0.511. The Morgan fingerprint density at radius 3 is 2.50 bits per heavy atom. The topological polar surface area (TPSA) is 23.8 Å². The Kier molecular flexibility index (Phi) is 3.69. The fraction of sp³-hybridized carbons (Fsp3) is 0.300. The van der Waals surface area contributed by atoms with Gasteiger partial charge in [0.25, 0.3) is 0 Å². The van der Waals surface area contributed by atoms with Gasteiger partial charge in [-0.25, -0.2) is 0 Å². The third kappa shape index (κ3) is 2.60. The Morgan fingerprint density at radius 1 is 1.33 bits per heavy atom. The van der Waals surface area contributed by atoms with Crippen molar-refractivity contribution in [1.82, 2.24) is 0 Å². The summed E-state index contributed by atoms with van der Waals surface area (Å²) in [5.74, 6) is 1.09. The van der Waals surface area contributed by atoms with Gasteiger partial charge in [0, 0.05) is 4.90 Å². The van der Waals surface area contributed by atoms with Crippen molar-refractivity contribution in [2.75, 3.05) is 5.75 Å². The Bertz CT molecular complexity index is 271. The third-order valence-electron chi connectivity index (χ3n) is 1.52. The summed E-state index contributed by atoms with van der Waals surface area (Å²) in [5.41, 5.74) is 1.10. The van der Waals surface area contributed by atoms with Gasteiger partial charge in [-0.05, 0) is 23.4 Å². The van der Waals surface area contributed by atoms with Crippen LogP contribution in [0.15, 0.2) is 29.2 Å². The molecular weight excluding hydrogens is 166 g/mol. The van der Waals surface area contributed by atoms with Crippen LogP contribution in [-0.4, -0.2) is 5.75 Å². The molecule has 1 nitrogen and oxygen atoms in total. The molecule has 0 unspecified atom stereocenters. The van der Waals surface area contributed by atoms with E-state index in [1.807, 2.05) is 23.9 Å². The third-order valence-corrected chi connectivity index (χ3v) is 2.41. The van der Waals surface area contributed by atoms with Crippen LogP contribution in [0.25, 0.3) is 0 Å². The standard InChI is InChI=1S/C10H11NS/c1-2-12-10-5-3-9(4-6-10)7-8-11/h3-6H,2,7H2,1H3. The molecule has 62 valence electrons. The molecule has 0 aliphatic rings. The smallest absolute Gasteiger partial charge is 0.0669 e. The zero-order valence-corrected chi connectivity index (χ0v) is 7.90. The molecule has 0 atom stereocenters. The van der Waals surface area contributed by atoms with E-state index >= 15 is 0 Å². The van der Waals surface area contributed by atoms with Gasteiger partial charge in [0.05, 0.1) is 12.5 Å². The Labute approximate surface area is 77.4 Å². The highest BCUT2D eigenvalue weighted by atomic mass is 32.2. The van der Waals surface area contributed by atoms with Crippen molar-refractivity contribution in [3.8, 4) is 6.07 Å². The van der Waals surface area contributed by atoms with Crippen molar-refractivity contribution < 1.29 is 0 Å². The van der Waals surface area contributed by atoms with Crippen molar-refractivity contribution in [2.24, 2.45) is 0 Å². The molecule has 1 aromatic carbocycles. The summed E-state index contributed by atoms with van der Waals surface area (Å²) in [7, 11) is 0. The molecule has 0 aromatic heterocycles. The van der Waals surface area contributed by atoms with Crippen LogP contribution < -0.4 is 0 Å². The average molecular weight is 177 g/mol. The molecule has 0 radical (unpaired) electrons. The monoisotopic (exact) mass is 177 g/mol. The van der Waals surface area contributed by atoms with Crippen LogP contribution in [0.5, 0.6) is 0 Å². The van der Waals surface area contributed by atoms with Gasteiger partial charge in [0.1, 0.15) is 0 Å². The lowest BCUT2D eigenvalue weighted by atomic mass is 10.2. The summed E-state index contributed by atoms with van der Waals surface area (Å²) >= 11 is 1.82. The van der Waals surface area contributed by atoms with Crippen LogP contribution >= 0.6 is 11.8 Å². The second-order valence-electron chi connectivity index (χ2n) is 2.41. The predicted molar refractivity (Wildman–Crippen MR) is 52.2 cm³/mol. The maximum Gasteiger partial charge on any atom is 0.0669 e. The molecule has 0 fully saturated rings. The highest BCUT2D eigenvalue weighted by molar-refractivity contribution is 7.99. The minimum Gasteiger partial charge on any atom is -0.198 e. The van der Waals surface area contributed by atoms with Crippen LogP contribution in [0.1, 0.15) is 12.5 Å². The molecule has 0 bridgehead atoms. The van der Waals surface area contributed by atoms with Crippen molar-refractivity contribution >= 4 is 11.8 Å². The van der Waals surface area contributed by atoms with Crippen molar-refractivity contribution in [1.29, 1.82) is 5.26 Å². The molecule has 0 aliphatic heterocycles. The lowest BCUT2D eigenvalue weighted by Crippen LogP contribution is -1.80. The fourth-order valence-corrected chi connectivity index (χ4v) is 1.62. The summed E-state index contributed by atoms with van der Waals surface area (Å²) in [6.45, 7) is 2.13. The fourth-order valence-electron chi connectivity index (χ4n) is 0.961. The molecule has 0 spiro atoms. The van der Waals surface area contributed by atoms with E-state index in [-0.39, 0.29) is 0 Å². The highest BCUT2D eigenvalue weighted by Crippen LogP contribution is 2.17. The quantitative estimate of drug-likeness (QED) is 0.663. The van der Waals surface area contributed by atoms with Gasteiger partial charge in [-0.15, -0.1) is 11.8 Å². The maximum atomic E-state index is 8.44. The normalized spacial score (nSPS) is 9.33. The zero-order chi connectivity index (χ0) is 8.81. The summed E-state index contributed by atoms with van der Waals surface area (Å²) in [5, 5.41) is 8.44. The molecule has 0 N–H and O–H groups in total. The highest BCUT2D eigenvalue weighted by Gasteiger charge is 1.92. The lowest BCUT2D eigenvalue weighted by Gasteiger charge is -1.98. The number of nitrogens with zero attached hydrogens (tertiary/aromatic N) is 1. The number of thioether (sulfide) groups is 1. The van der Waals surface area contributed by atoms with E-state index in [9.17, 15) is 0 Å². The van der Waals surface area contributed by atoms with E-state index in [0.29, 0.717) is 6.42 Å². The van der Waals surface area contributed by atoms with E-state index in [0.717, 1.165) is 11.3 Å². The molecule has 1 rings (SSSR count). The number of benzene rings is 1. The van der Waals surface area contributed by atoms with E-state index in [4.69, 9.17) is 5.26 Å². The molecule has 0 heterocycles.